The van der Waals surface area contributed by atoms with Crippen molar-refractivity contribution in [2.75, 3.05) is 5.75 Å². The highest BCUT2D eigenvalue weighted by molar-refractivity contribution is 7.80. The number of nitrogens with one attached hydrogen (secondary N) is 3. The third kappa shape index (κ3) is 10.9. The minimum absolute atomic E-state index is 0.0654. The number of hydrogen-bond donors (Lipinski definition) is 8. The molecule has 1 rings (SSSR count). The lowest BCUT2D eigenvalue weighted by molar-refractivity contribution is -0.143. The fourth-order valence-electron chi connectivity index (χ4n) is 2.88. The van der Waals surface area contributed by atoms with Crippen molar-refractivity contribution < 1.29 is 39.0 Å². The van der Waals surface area contributed by atoms with Crippen molar-refractivity contribution in [3.05, 3.63) is 35.9 Å². The summed E-state index contributed by atoms with van der Waals surface area (Å²) in [6, 6.07) is 2.96. The van der Waals surface area contributed by atoms with Crippen LogP contribution < -0.4 is 27.4 Å². The SMILES string of the molecule is NC(=O)CCC(N)C(=O)NC(CS)C(=O)NC(CC(=O)O)C(=O)NC(Cc1ccccc1)C(=O)O. The molecule has 0 aromatic heterocycles. The second-order valence-electron chi connectivity index (χ2n) is 7.60. The average molecular weight is 512 g/mol. The fourth-order valence-corrected chi connectivity index (χ4v) is 3.14. The van der Waals surface area contributed by atoms with Crippen LogP contribution in [0.4, 0.5) is 0 Å². The summed E-state index contributed by atoms with van der Waals surface area (Å²) in [6.07, 6.45) is -1.14. The van der Waals surface area contributed by atoms with Gasteiger partial charge in [0.2, 0.25) is 23.6 Å². The van der Waals surface area contributed by atoms with Crippen LogP contribution in [0.25, 0.3) is 0 Å². The number of rotatable bonds is 15. The number of thiol groups is 1. The molecule has 192 valence electrons. The van der Waals surface area contributed by atoms with Crippen LogP contribution in [0.3, 0.4) is 0 Å². The monoisotopic (exact) mass is 511 g/mol. The third-order valence-corrected chi connectivity index (χ3v) is 5.13. The zero-order valence-electron chi connectivity index (χ0n) is 18.7. The predicted octanol–water partition coefficient (Wildman–Crippen LogP) is -2.23. The van der Waals surface area contributed by atoms with Gasteiger partial charge in [0, 0.05) is 18.6 Å². The summed E-state index contributed by atoms with van der Waals surface area (Å²) in [5.41, 5.74) is 11.3. The van der Waals surface area contributed by atoms with Gasteiger partial charge in [0.05, 0.1) is 12.5 Å². The van der Waals surface area contributed by atoms with E-state index in [1.165, 1.54) is 0 Å². The molecule has 13 nitrogen and oxygen atoms in total. The van der Waals surface area contributed by atoms with E-state index in [4.69, 9.17) is 16.6 Å². The quantitative estimate of drug-likeness (QED) is 0.119. The van der Waals surface area contributed by atoms with Crippen molar-refractivity contribution in [1.29, 1.82) is 0 Å². The Morgan fingerprint density at radius 1 is 0.857 bits per heavy atom. The minimum atomic E-state index is -1.64. The summed E-state index contributed by atoms with van der Waals surface area (Å²) in [7, 11) is 0. The van der Waals surface area contributed by atoms with E-state index in [9.17, 15) is 33.9 Å². The largest absolute Gasteiger partial charge is 0.481 e. The van der Waals surface area contributed by atoms with Crippen LogP contribution in [0.15, 0.2) is 30.3 Å². The van der Waals surface area contributed by atoms with Gasteiger partial charge in [-0.3, -0.25) is 24.0 Å². The highest BCUT2D eigenvalue weighted by Gasteiger charge is 2.31. The molecule has 9 N–H and O–H groups in total. The summed E-state index contributed by atoms with van der Waals surface area (Å²) in [6.45, 7) is 0. The topological polar surface area (TPSA) is 231 Å². The number of carbonyl (C=O) groups is 6. The van der Waals surface area contributed by atoms with Crippen LogP contribution in [0.5, 0.6) is 0 Å². The van der Waals surface area contributed by atoms with E-state index in [2.05, 4.69) is 28.6 Å². The molecule has 35 heavy (non-hydrogen) atoms. The summed E-state index contributed by atoms with van der Waals surface area (Å²) in [4.78, 5) is 71.2. The second-order valence-corrected chi connectivity index (χ2v) is 7.97. The van der Waals surface area contributed by atoms with E-state index in [0.717, 1.165) is 0 Å². The molecule has 1 aromatic rings. The summed E-state index contributed by atoms with van der Waals surface area (Å²) in [5, 5.41) is 25.4. The number of amides is 4. The molecule has 0 aliphatic rings. The Kier molecular flexibility index (Phi) is 12.2. The van der Waals surface area contributed by atoms with Crippen molar-refractivity contribution in [1.82, 2.24) is 16.0 Å². The smallest absolute Gasteiger partial charge is 0.326 e. The molecule has 0 bridgehead atoms. The molecule has 0 spiro atoms. The van der Waals surface area contributed by atoms with Crippen molar-refractivity contribution in [2.24, 2.45) is 11.5 Å². The van der Waals surface area contributed by atoms with Crippen LogP contribution in [0.1, 0.15) is 24.8 Å². The Labute approximate surface area is 206 Å². The average Bonchev–Trinajstić information content (AvgIpc) is 2.79. The lowest BCUT2D eigenvalue weighted by Gasteiger charge is -2.24. The zero-order chi connectivity index (χ0) is 26.5. The number of aliphatic carboxylic acids is 2. The van der Waals surface area contributed by atoms with E-state index in [1.807, 2.05) is 0 Å². The molecule has 0 radical (unpaired) electrons. The Balaban J connectivity index is 2.88. The maximum absolute atomic E-state index is 12.7. The van der Waals surface area contributed by atoms with Crippen molar-refractivity contribution in [3.63, 3.8) is 0 Å². The van der Waals surface area contributed by atoms with Gasteiger partial charge in [0.1, 0.15) is 18.1 Å². The molecule has 0 heterocycles. The lowest BCUT2D eigenvalue weighted by Crippen LogP contribution is -2.58. The zero-order valence-corrected chi connectivity index (χ0v) is 19.6. The number of carboxylic acids is 2. The number of nitrogens with two attached hydrogens (primary N) is 2. The Hall–Kier alpha value is -3.65. The standard InChI is InChI=1S/C21H29N5O8S/c22-12(6-7-16(23)27)18(30)26-15(10-35)20(32)24-13(9-17(28)29)19(31)25-14(21(33)34)8-11-4-2-1-3-5-11/h1-5,12-15,35H,6-10,22H2,(H2,23,27)(H,24,32)(H,25,31)(H,26,30)(H,28,29)(H,33,34). The summed E-state index contributed by atoms with van der Waals surface area (Å²) in [5.74, 6) is -6.43. The molecular weight excluding hydrogens is 482 g/mol. The first kappa shape index (κ1) is 29.4. The van der Waals surface area contributed by atoms with E-state index >= 15 is 0 Å². The maximum atomic E-state index is 12.7. The van der Waals surface area contributed by atoms with Gasteiger partial charge in [-0.25, -0.2) is 4.79 Å². The molecule has 0 saturated carbocycles. The van der Waals surface area contributed by atoms with Crippen LogP contribution in [-0.4, -0.2) is 75.7 Å². The number of benzene rings is 1. The maximum Gasteiger partial charge on any atom is 0.326 e. The predicted molar refractivity (Wildman–Crippen MR) is 126 cm³/mol. The summed E-state index contributed by atoms with van der Waals surface area (Å²) >= 11 is 3.98. The van der Waals surface area contributed by atoms with Gasteiger partial charge in [0.15, 0.2) is 0 Å². The van der Waals surface area contributed by atoms with Gasteiger partial charge >= 0.3 is 11.9 Å². The van der Waals surface area contributed by atoms with Crippen molar-refractivity contribution in [2.45, 2.75) is 49.9 Å². The Morgan fingerprint density at radius 3 is 1.91 bits per heavy atom. The molecule has 0 aliphatic heterocycles. The van der Waals surface area contributed by atoms with Crippen LogP contribution >= 0.6 is 12.6 Å². The minimum Gasteiger partial charge on any atom is -0.481 e. The van der Waals surface area contributed by atoms with Crippen molar-refractivity contribution in [3.8, 4) is 0 Å². The number of carboxylic acid groups (broad SMARTS) is 2. The highest BCUT2D eigenvalue weighted by Crippen LogP contribution is 2.05. The lowest BCUT2D eigenvalue weighted by atomic mass is 10.0. The molecule has 0 aliphatic carbocycles. The highest BCUT2D eigenvalue weighted by atomic mass is 32.1. The van der Waals surface area contributed by atoms with Gasteiger partial charge < -0.3 is 37.6 Å². The normalized spacial score (nSPS) is 14.0. The van der Waals surface area contributed by atoms with Gasteiger partial charge in [-0.1, -0.05) is 30.3 Å². The van der Waals surface area contributed by atoms with Gasteiger partial charge in [-0.15, -0.1) is 0 Å². The Bertz CT molecular complexity index is 930. The van der Waals surface area contributed by atoms with Gasteiger partial charge in [0.25, 0.3) is 0 Å². The molecule has 4 atom stereocenters. The number of hydrogen-bond acceptors (Lipinski definition) is 8. The molecule has 14 heteroatoms. The van der Waals surface area contributed by atoms with E-state index in [0.29, 0.717) is 5.56 Å². The third-order valence-electron chi connectivity index (χ3n) is 4.76. The van der Waals surface area contributed by atoms with Crippen LogP contribution in [0, 0.1) is 0 Å². The Morgan fingerprint density at radius 2 is 1.40 bits per heavy atom. The van der Waals surface area contributed by atoms with Gasteiger partial charge in [-0.2, -0.15) is 12.6 Å². The molecule has 1 aromatic carbocycles. The molecular formula is C21H29N5O8S. The second kappa shape index (κ2) is 14.6. The first-order chi connectivity index (χ1) is 16.4. The molecule has 0 fully saturated rings. The van der Waals surface area contributed by atoms with E-state index in [1.54, 1.807) is 30.3 Å². The number of carbonyl (C=O) groups excluding carboxylic acids is 4. The molecule has 4 amide bonds. The van der Waals surface area contributed by atoms with Crippen LogP contribution in [-0.2, 0) is 35.2 Å². The van der Waals surface area contributed by atoms with E-state index < -0.39 is 66.2 Å². The number of primary amides is 1. The molecule has 4 unspecified atom stereocenters. The first-order valence-electron chi connectivity index (χ1n) is 10.5. The first-order valence-corrected chi connectivity index (χ1v) is 11.1. The molecule has 0 saturated heterocycles. The summed E-state index contributed by atoms with van der Waals surface area (Å²) < 4.78 is 0. The van der Waals surface area contributed by atoms with Crippen LogP contribution in [0.2, 0.25) is 0 Å². The van der Waals surface area contributed by atoms with Crippen molar-refractivity contribution >= 4 is 48.2 Å². The van der Waals surface area contributed by atoms with E-state index in [-0.39, 0.29) is 25.0 Å². The van der Waals surface area contributed by atoms with Gasteiger partial charge in [-0.05, 0) is 12.0 Å². The fraction of sp³-hybridized carbons (Fsp3) is 0.429.